The summed E-state index contributed by atoms with van der Waals surface area (Å²) in [5, 5.41) is 11.6. The van der Waals surface area contributed by atoms with Crippen molar-refractivity contribution in [3.8, 4) is 0 Å². The van der Waals surface area contributed by atoms with Crippen molar-refractivity contribution in [3.05, 3.63) is 47.5 Å². The molecular weight excluding hydrogens is 371 g/mol. The Bertz CT molecular complexity index is 946. The van der Waals surface area contributed by atoms with E-state index in [9.17, 15) is 4.39 Å². The topological polar surface area (TPSA) is 91.1 Å². The molecule has 2 aromatic heterocycles. The number of guanidine groups is 1. The number of fused-ring (bicyclic) bond motifs is 1. The van der Waals surface area contributed by atoms with Crippen LogP contribution in [0.25, 0.3) is 10.9 Å². The number of aliphatic imine (C=N–C) groups is 1. The van der Waals surface area contributed by atoms with Gasteiger partial charge in [-0.25, -0.2) is 4.39 Å². The fourth-order valence-electron chi connectivity index (χ4n) is 3.05. The zero-order valence-electron chi connectivity index (χ0n) is 17.3. The standard InChI is InChI=1S/C21H29FN6O/c1-4-23-21(24-10-5-6-19-27-20(14(2)3)28-29-19)25-11-9-15-13-26-18-12-16(22)7-8-17(15)18/h7-8,12-14,26H,4-6,9-11H2,1-3H3,(H2,23,24,25). The lowest BCUT2D eigenvalue weighted by Gasteiger charge is -2.11. The molecule has 7 nitrogen and oxygen atoms in total. The summed E-state index contributed by atoms with van der Waals surface area (Å²) >= 11 is 0. The number of benzene rings is 1. The molecule has 29 heavy (non-hydrogen) atoms. The summed E-state index contributed by atoms with van der Waals surface area (Å²) in [6.07, 6.45) is 4.31. The molecule has 0 amide bonds. The van der Waals surface area contributed by atoms with E-state index in [0.717, 1.165) is 54.2 Å². The van der Waals surface area contributed by atoms with Crippen LogP contribution >= 0.6 is 0 Å². The van der Waals surface area contributed by atoms with Crippen LogP contribution in [-0.2, 0) is 12.8 Å². The average Bonchev–Trinajstić information content (AvgIpc) is 3.32. The third-order valence-corrected chi connectivity index (χ3v) is 4.58. The van der Waals surface area contributed by atoms with Gasteiger partial charge >= 0.3 is 0 Å². The molecule has 0 atom stereocenters. The maximum absolute atomic E-state index is 13.3. The van der Waals surface area contributed by atoms with Crippen molar-refractivity contribution in [1.29, 1.82) is 0 Å². The summed E-state index contributed by atoms with van der Waals surface area (Å²) in [5.74, 6) is 2.24. The van der Waals surface area contributed by atoms with Crippen LogP contribution in [0.1, 0.15) is 50.4 Å². The first kappa shape index (κ1) is 20.8. The number of hydrogen-bond acceptors (Lipinski definition) is 4. The first-order valence-corrected chi connectivity index (χ1v) is 10.2. The Morgan fingerprint density at radius 2 is 2.14 bits per heavy atom. The van der Waals surface area contributed by atoms with Gasteiger partial charge in [0.1, 0.15) is 5.82 Å². The molecule has 3 rings (SSSR count). The monoisotopic (exact) mass is 400 g/mol. The van der Waals surface area contributed by atoms with Crippen molar-refractivity contribution >= 4 is 16.9 Å². The Kier molecular flexibility index (Phi) is 7.21. The highest BCUT2D eigenvalue weighted by atomic mass is 19.1. The maximum Gasteiger partial charge on any atom is 0.226 e. The average molecular weight is 401 g/mol. The molecule has 0 aliphatic carbocycles. The van der Waals surface area contributed by atoms with Crippen LogP contribution in [0, 0.1) is 5.82 Å². The summed E-state index contributed by atoms with van der Waals surface area (Å²) in [6.45, 7) is 8.32. The molecule has 0 spiro atoms. The molecule has 0 aliphatic rings. The normalized spacial score (nSPS) is 12.1. The van der Waals surface area contributed by atoms with Crippen molar-refractivity contribution < 1.29 is 8.91 Å². The van der Waals surface area contributed by atoms with E-state index in [1.165, 1.54) is 12.1 Å². The van der Waals surface area contributed by atoms with Gasteiger partial charge in [-0.1, -0.05) is 19.0 Å². The van der Waals surface area contributed by atoms with Crippen molar-refractivity contribution in [3.63, 3.8) is 0 Å². The maximum atomic E-state index is 13.3. The van der Waals surface area contributed by atoms with Gasteiger partial charge in [0.25, 0.3) is 0 Å². The summed E-state index contributed by atoms with van der Waals surface area (Å²) in [5.41, 5.74) is 1.97. The Morgan fingerprint density at radius 3 is 2.90 bits per heavy atom. The van der Waals surface area contributed by atoms with Crippen molar-refractivity contribution in [1.82, 2.24) is 25.8 Å². The van der Waals surface area contributed by atoms with Gasteiger partial charge in [-0.15, -0.1) is 0 Å². The number of hydrogen-bond donors (Lipinski definition) is 3. The highest BCUT2D eigenvalue weighted by Gasteiger charge is 2.09. The summed E-state index contributed by atoms with van der Waals surface area (Å²) in [7, 11) is 0. The summed E-state index contributed by atoms with van der Waals surface area (Å²) in [4.78, 5) is 12.1. The molecule has 0 bridgehead atoms. The molecule has 0 saturated heterocycles. The van der Waals surface area contributed by atoms with Crippen LogP contribution in [0.15, 0.2) is 33.9 Å². The molecule has 0 radical (unpaired) electrons. The Hall–Kier alpha value is -2.90. The van der Waals surface area contributed by atoms with E-state index >= 15 is 0 Å². The minimum absolute atomic E-state index is 0.230. The zero-order valence-corrected chi connectivity index (χ0v) is 17.3. The van der Waals surface area contributed by atoms with Gasteiger partial charge in [-0.2, -0.15) is 4.98 Å². The van der Waals surface area contributed by atoms with Gasteiger partial charge in [0.05, 0.1) is 0 Å². The van der Waals surface area contributed by atoms with E-state index in [2.05, 4.69) is 30.8 Å². The van der Waals surface area contributed by atoms with E-state index in [1.807, 2.05) is 33.0 Å². The number of aromatic nitrogens is 3. The van der Waals surface area contributed by atoms with Gasteiger partial charge in [-0.05, 0) is 43.5 Å². The largest absolute Gasteiger partial charge is 0.361 e. The first-order chi connectivity index (χ1) is 14.1. The fourth-order valence-corrected chi connectivity index (χ4v) is 3.05. The summed E-state index contributed by atoms with van der Waals surface area (Å²) in [6, 6.07) is 4.83. The second-order valence-electron chi connectivity index (χ2n) is 7.25. The van der Waals surface area contributed by atoms with Gasteiger partial charge in [-0.3, -0.25) is 4.99 Å². The Morgan fingerprint density at radius 1 is 1.28 bits per heavy atom. The molecule has 0 aliphatic heterocycles. The molecule has 0 fully saturated rings. The van der Waals surface area contributed by atoms with Gasteiger partial charge in [0.2, 0.25) is 5.89 Å². The second kappa shape index (κ2) is 10.0. The number of rotatable bonds is 9. The highest BCUT2D eigenvalue weighted by Crippen LogP contribution is 2.19. The van der Waals surface area contributed by atoms with Gasteiger partial charge in [0.15, 0.2) is 11.8 Å². The zero-order chi connectivity index (χ0) is 20.6. The van der Waals surface area contributed by atoms with Crippen LogP contribution in [0.4, 0.5) is 4.39 Å². The number of nitrogens with one attached hydrogen (secondary N) is 3. The molecule has 0 saturated carbocycles. The van der Waals surface area contributed by atoms with E-state index in [4.69, 9.17) is 4.52 Å². The van der Waals surface area contributed by atoms with Gasteiger partial charge < -0.3 is 20.1 Å². The van der Waals surface area contributed by atoms with E-state index < -0.39 is 0 Å². The fraction of sp³-hybridized carbons (Fsp3) is 0.476. The molecular formula is C21H29FN6O. The minimum Gasteiger partial charge on any atom is -0.361 e. The van der Waals surface area contributed by atoms with E-state index in [1.54, 1.807) is 0 Å². The molecule has 3 aromatic rings. The van der Waals surface area contributed by atoms with Crippen molar-refractivity contribution in [2.45, 2.75) is 46.0 Å². The van der Waals surface area contributed by atoms with Gasteiger partial charge in [0, 0.05) is 49.1 Å². The molecule has 0 unspecified atom stereocenters. The Balaban J connectivity index is 1.47. The number of aromatic amines is 1. The third kappa shape index (κ3) is 5.79. The van der Waals surface area contributed by atoms with Crippen molar-refractivity contribution in [2.75, 3.05) is 19.6 Å². The minimum atomic E-state index is -0.230. The van der Waals surface area contributed by atoms with Crippen LogP contribution in [-0.4, -0.2) is 40.7 Å². The number of halogens is 1. The van der Waals surface area contributed by atoms with Crippen molar-refractivity contribution in [2.24, 2.45) is 4.99 Å². The molecule has 1 aromatic carbocycles. The predicted octanol–water partition coefficient (Wildman–Crippen LogP) is 3.54. The lowest BCUT2D eigenvalue weighted by Crippen LogP contribution is -2.38. The summed E-state index contributed by atoms with van der Waals surface area (Å²) < 4.78 is 18.6. The van der Waals surface area contributed by atoms with E-state index in [0.29, 0.717) is 18.9 Å². The highest BCUT2D eigenvalue weighted by molar-refractivity contribution is 5.83. The second-order valence-corrected chi connectivity index (χ2v) is 7.25. The Labute approximate surface area is 170 Å². The quantitative estimate of drug-likeness (QED) is 0.290. The third-order valence-electron chi connectivity index (χ3n) is 4.58. The molecule has 156 valence electrons. The van der Waals surface area contributed by atoms with Crippen LogP contribution < -0.4 is 10.6 Å². The van der Waals surface area contributed by atoms with Crippen LogP contribution in [0.2, 0.25) is 0 Å². The SMILES string of the molecule is CCNC(=NCCCc1nc(C(C)C)no1)NCCc1c[nH]c2cc(F)ccc12. The first-order valence-electron chi connectivity index (χ1n) is 10.2. The van der Waals surface area contributed by atoms with Crippen LogP contribution in [0.3, 0.4) is 0 Å². The number of aryl methyl sites for hydroxylation is 1. The smallest absolute Gasteiger partial charge is 0.226 e. The number of H-pyrrole nitrogens is 1. The van der Waals surface area contributed by atoms with E-state index in [-0.39, 0.29) is 11.7 Å². The predicted molar refractivity (Wildman–Crippen MR) is 113 cm³/mol. The molecule has 2 heterocycles. The van der Waals surface area contributed by atoms with Crippen LogP contribution in [0.5, 0.6) is 0 Å². The lowest BCUT2D eigenvalue weighted by molar-refractivity contribution is 0.369. The lowest BCUT2D eigenvalue weighted by atomic mass is 10.1. The molecule has 3 N–H and O–H groups in total. The number of nitrogens with zero attached hydrogens (tertiary/aromatic N) is 3. The molecule has 8 heteroatoms.